The van der Waals surface area contributed by atoms with Crippen LogP contribution in [0.25, 0.3) is 0 Å². The van der Waals surface area contributed by atoms with E-state index in [0.717, 1.165) is 10.9 Å². The number of aromatic nitrogens is 3. The lowest BCUT2D eigenvalue weighted by atomic mass is 10.4. The average Bonchev–Trinajstić information content (AvgIpc) is 2.48. The molecule has 1 rings (SSSR count). The summed E-state index contributed by atoms with van der Waals surface area (Å²) < 4.78 is 1.12. The summed E-state index contributed by atoms with van der Waals surface area (Å²) in [6, 6.07) is 0. The summed E-state index contributed by atoms with van der Waals surface area (Å²) in [5, 5.41) is 25.0. The fourth-order valence-corrected chi connectivity index (χ4v) is 0.691. The molecule has 0 radical (unpaired) electrons. The van der Waals surface area contributed by atoms with Crippen molar-refractivity contribution >= 4 is 11.8 Å². The second-order valence-corrected chi connectivity index (χ2v) is 2.24. The van der Waals surface area contributed by atoms with Crippen molar-refractivity contribution in [2.75, 3.05) is 0 Å². The van der Waals surface area contributed by atoms with Crippen LogP contribution in [0.5, 0.6) is 0 Å². The Labute approximate surface area is 71.9 Å². The molecule has 13 heavy (non-hydrogen) atoms. The summed E-state index contributed by atoms with van der Waals surface area (Å²) in [6.45, 7) is 0.0795. The highest BCUT2D eigenvalue weighted by molar-refractivity contribution is 5.66. The Morgan fingerprint density at radius 2 is 2.46 bits per heavy atom. The fourth-order valence-electron chi connectivity index (χ4n) is 0.691. The van der Waals surface area contributed by atoms with E-state index in [2.05, 4.69) is 10.3 Å². The molecule has 1 aromatic heterocycles. The van der Waals surface area contributed by atoms with E-state index in [1.807, 2.05) is 0 Å². The number of nitro groups is 1. The number of rotatable bonds is 4. The van der Waals surface area contributed by atoms with Crippen LogP contribution < -0.4 is 0 Å². The van der Waals surface area contributed by atoms with Gasteiger partial charge in [0, 0.05) is 0 Å². The van der Waals surface area contributed by atoms with Gasteiger partial charge >= 0.3 is 11.8 Å². The molecule has 0 aliphatic rings. The zero-order valence-corrected chi connectivity index (χ0v) is 6.45. The first-order valence-corrected chi connectivity index (χ1v) is 3.36. The molecule has 1 aromatic rings. The Morgan fingerprint density at radius 1 is 1.77 bits per heavy atom. The number of aryl methyl sites for hydroxylation is 1. The van der Waals surface area contributed by atoms with Crippen molar-refractivity contribution < 1.29 is 14.8 Å². The van der Waals surface area contributed by atoms with Crippen LogP contribution in [0.3, 0.4) is 0 Å². The summed E-state index contributed by atoms with van der Waals surface area (Å²) in [6.07, 6.45) is 0.948. The maximum atomic E-state index is 10.1. The van der Waals surface area contributed by atoms with Gasteiger partial charge in [0.05, 0.1) is 18.2 Å². The third-order valence-electron chi connectivity index (χ3n) is 1.27. The Morgan fingerprint density at radius 3 is 2.92 bits per heavy atom. The van der Waals surface area contributed by atoms with Crippen LogP contribution in [0, 0.1) is 10.1 Å². The van der Waals surface area contributed by atoms with Gasteiger partial charge in [0.2, 0.25) is 0 Å². The molecular formula is C5H6N4O4. The van der Waals surface area contributed by atoms with Gasteiger partial charge in [0.25, 0.3) is 0 Å². The van der Waals surface area contributed by atoms with Gasteiger partial charge in [-0.05, 0) is 4.92 Å². The third kappa shape index (κ3) is 2.51. The number of carboxylic acids is 1. The largest absolute Gasteiger partial charge is 0.481 e. The van der Waals surface area contributed by atoms with E-state index >= 15 is 0 Å². The molecule has 0 spiro atoms. The molecule has 0 saturated carbocycles. The van der Waals surface area contributed by atoms with Crippen molar-refractivity contribution in [1.82, 2.24) is 15.0 Å². The Bertz CT molecular complexity index is 333. The minimum atomic E-state index is -0.988. The molecule has 8 heteroatoms. The molecule has 1 heterocycles. The molecule has 0 aliphatic carbocycles. The normalized spacial score (nSPS) is 9.85. The van der Waals surface area contributed by atoms with Crippen molar-refractivity contribution in [3.63, 3.8) is 0 Å². The van der Waals surface area contributed by atoms with Gasteiger partial charge < -0.3 is 15.2 Å². The molecule has 8 nitrogen and oxygen atoms in total. The van der Waals surface area contributed by atoms with E-state index in [9.17, 15) is 14.9 Å². The second kappa shape index (κ2) is 3.61. The van der Waals surface area contributed by atoms with E-state index in [-0.39, 0.29) is 18.8 Å². The Kier molecular flexibility index (Phi) is 2.52. The van der Waals surface area contributed by atoms with Crippen molar-refractivity contribution in [2.45, 2.75) is 13.0 Å². The minimum Gasteiger partial charge on any atom is -0.481 e. The molecule has 0 saturated heterocycles. The van der Waals surface area contributed by atoms with E-state index in [0.29, 0.717) is 0 Å². The number of hydrogen-bond donors (Lipinski definition) is 1. The molecule has 70 valence electrons. The van der Waals surface area contributed by atoms with E-state index in [1.165, 1.54) is 0 Å². The van der Waals surface area contributed by atoms with Crippen molar-refractivity contribution in [2.24, 2.45) is 0 Å². The zero-order chi connectivity index (χ0) is 9.84. The fraction of sp³-hybridized carbons (Fsp3) is 0.400. The van der Waals surface area contributed by atoms with Crippen molar-refractivity contribution in [3.05, 3.63) is 16.3 Å². The second-order valence-electron chi connectivity index (χ2n) is 2.24. The molecule has 0 bridgehead atoms. The number of hydrogen-bond acceptors (Lipinski definition) is 5. The lowest BCUT2D eigenvalue weighted by molar-refractivity contribution is -0.389. The number of aliphatic carboxylic acids is 1. The molecule has 0 aliphatic heterocycles. The highest BCUT2D eigenvalue weighted by Crippen LogP contribution is 2.03. The lowest BCUT2D eigenvalue weighted by Crippen LogP contribution is -2.04. The first kappa shape index (κ1) is 9.10. The van der Waals surface area contributed by atoms with Gasteiger partial charge in [-0.2, -0.15) is 0 Å². The van der Waals surface area contributed by atoms with Gasteiger partial charge in [0.1, 0.15) is 11.3 Å². The number of carboxylic acid groups (broad SMARTS) is 1. The van der Waals surface area contributed by atoms with Gasteiger partial charge in [-0.3, -0.25) is 4.79 Å². The summed E-state index contributed by atoms with van der Waals surface area (Å²) in [7, 11) is 0. The molecule has 0 amide bonds. The molecule has 0 unspecified atom stereocenters. The van der Waals surface area contributed by atoms with Crippen LogP contribution in [0.1, 0.15) is 6.42 Å². The molecule has 1 N–H and O–H groups in total. The highest BCUT2D eigenvalue weighted by Gasteiger charge is 2.12. The number of nitrogens with zero attached hydrogens (tertiary/aromatic N) is 4. The first-order chi connectivity index (χ1) is 6.09. The van der Waals surface area contributed by atoms with Gasteiger partial charge in [-0.1, -0.05) is 0 Å². The third-order valence-corrected chi connectivity index (χ3v) is 1.27. The quantitative estimate of drug-likeness (QED) is 0.508. The predicted molar refractivity (Wildman–Crippen MR) is 38.9 cm³/mol. The molecule has 0 atom stereocenters. The predicted octanol–water partition coefficient (Wildman–Crippen LogP) is -0.339. The minimum absolute atomic E-state index is 0.0795. The summed E-state index contributed by atoms with van der Waals surface area (Å²) in [4.78, 5) is 19.6. The summed E-state index contributed by atoms with van der Waals surface area (Å²) in [5.74, 6) is -1.37. The van der Waals surface area contributed by atoms with E-state index in [1.54, 1.807) is 0 Å². The van der Waals surface area contributed by atoms with E-state index in [4.69, 9.17) is 5.11 Å². The summed E-state index contributed by atoms with van der Waals surface area (Å²) in [5.41, 5.74) is 0. The number of carbonyl (C=O) groups is 1. The van der Waals surface area contributed by atoms with Crippen LogP contribution in [-0.4, -0.2) is 31.0 Å². The smallest absolute Gasteiger partial charge is 0.410 e. The maximum absolute atomic E-state index is 10.1. The Balaban J connectivity index is 2.59. The van der Waals surface area contributed by atoms with Crippen LogP contribution in [-0.2, 0) is 11.3 Å². The van der Waals surface area contributed by atoms with Crippen LogP contribution in [0.2, 0.25) is 0 Å². The van der Waals surface area contributed by atoms with Crippen LogP contribution >= 0.6 is 0 Å². The first-order valence-electron chi connectivity index (χ1n) is 3.36. The summed E-state index contributed by atoms with van der Waals surface area (Å²) >= 11 is 0. The highest BCUT2D eigenvalue weighted by atomic mass is 16.6. The van der Waals surface area contributed by atoms with Crippen LogP contribution in [0.4, 0.5) is 5.82 Å². The zero-order valence-electron chi connectivity index (χ0n) is 6.45. The van der Waals surface area contributed by atoms with Gasteiger partial charge in [-0.15, -0.1) is 0 Å². The SMILES string of the molecule is O=C(O)CCn1cc([N+](=O)[O-])nn1. The van der Waals surface area contributed by atoms with Gasteiger partial charge in [0.15, 0.2) is 0 Å². The standard InChI is InChI=1S/C5H6N4O4/c10-5(11)1-2-8-3-4(6-7-8)9(12)13/h3H,1-2H2,(H,10,11). The topological polar surface area (TPSA) is 111 Å². The maximum Gasteiger partial charge on any atom is 0.410 e. The van der Waals surface area contributed by atoms with E-state index < -0.39 is 10.9 Å². The van der Waals surface area contributed by atoms with Crippen LogP contribution in [0.15, 0.2) is 6.20 Å². The monoisotopic (exact) mass is 186 g/mol. The van der Waals surface area contributed by atoms with Gasteiger partial charge in [-0.25, -0.2) is 4.68 Å². The van der Waals surface area contributed by atoms with Crippen molar-refractivity contribution in [1.29, 1.82) is 0 Å². The van der Waals surface area contributed by atoms with Crippen molar-refractivity contribution in [3.8, 4) is 0 Å². The molecular weight excluding hydrogens is 180 g/mol. The lowest BCUT2D eigenvalue weighted by Gasteiger charge is -1.91. The average molecular weight is 186 g/mol. The molecule has 0 aromatic carbocycles. The Hall–Kier alpha value is -1.99. The molecule has 0 fully saturated rings.